The zero-order valence-corrected chi connectivity index (χ0v) is 14.3. The summed E-state index contributed by atoms with van der Waals surface area (Å²) in [6.45, 7) is 3.67. The number of rotatable bonds is 2. The Balaban J connectivity index is 2.23. The third-order valence-electron chi connectivity index (χ3n) is 4.57. The van der Waals surface area contributed by atoms with Crippen LogP contribution in [0.4, 0.5) is 5.82 Å². The molecule has 0 spiro atoms. The summed E-state index contributed by atoms with van der Waals surface area (Å²) in [5.41, 5.74) is 16.2. The number of aromatic nitrogens is 3. The number of nitrogens with two attached hydrogens (primary N) is 2. The Hall–Kier alpha value is -3.61. The first-order valence-corrected chi connectivity index (χ1v) is 8.06. The second-order valence-corrected chi connectivity index (χ2v) is 6.22. The van der Waals surface area contributed by atoms with Crippen LogP contribution in [0.2, 0.25) is 0 Å². The van der Waals surface area contributed by atoms with Crippen LogP contribution in [0.25, 0.3) is 27.9 Å². The SMILES string of the molecule is Cc1ccc(O)c(C)c1-n1c(N)c(C(N)=O)c2nc3ccccc3nc21. The lowest BCUT2D eigenvalue weighted by atomic mass is 10.1. The number of benzene rings is 2. The lowest BCUT2D eigenvalue weighted by molar-refractivity contribution is 0.100. The van der Waals surface area contributed by atoms with Gasteiger partial charge in [-0.25, -0.2) is 9.97 Å². The maximum atomic E-state index is 12.1. The molecule has 130 valence electrons. The number of carbonyl (C=O) groups excluding carboxylic acids is 1. The van der Waals surface area contributed by atoms with E-state index in [1.165, 1.54) is 0 Å². The molecule has 0 aliphatic rings. The Bertz CT molecular complexity index is 1210. The Labute approximate surface area is 148 Å². The molecule has 0 aliphatic heterocycles. The van der Waals surface area contributed by atoms with Crippen LogP contribution in [0.3, 0.4) is 0 Å². The third-order valence-corrected chi connectivity index (χ3v) is 4.57. The second-order valence-electron chi connectivity index (χ2n) is 6.22. The standard InChI is InChI=1S/C19H17N5O2/c1-9-7-8-13(25)10(2)16(9)24-17(20)14(18(21)26)15-19(24)23-12-6-4-3-5-11(12)22-15/h3-8,25H,20H2,1-2H3,(H2,21,26). The van der Waals surface area contributed by atoms with Crippen molar-refractivity contribution in [3.05, 3.63) is 53.1 Å². The zero-order valence-electron chi connectivity index (χ0n) is 14.3. The molecule has 0 atom stereocenters. The highest BCUT2D eigenvalue weighted by atomic mass is 16.3. The van der Waals surface area contributed by atoms with Gasteiger partial charge in [0.05, 0.1) is 16.7 Å². The van der Waals surface area contributed by atoms with Crippen molar-refractivity contribution in [3.8, 4) is 11.4 Å². The molecule has 2 heterocycles. The van der Waals surface area contributed by atoms with Crippen molar-refractivity contribution >= 4 is 33.9 Å². The van der Waals surface area contributed by atoms with Crippen molar-refractivity contribution in [2.45, 2.75) is 13.8 Å². The Morgan fingerprint density at radius 2 is 1.73 bits per heavy atom. The van der Waals surface area contributed by atoms with Gasteiger partial charge in [0.1, 0.15) is 22.6 Å². The van der Waals surface area contributed by atoms with Crippen molar-refractivity contribution in [3.63, 3.8) is 0 Å². The molecule has 4 rings (SSSR count). The molecule has 2 aromatic heterocycles. The highest BCUT2D eigenvalue weighted by molar-refractivity contribution is 6.10. The molecular formula is C19H17N5O2. The number of aromatic hydroxyl groups is 1. The number of primary amides is 1. The normalized spacial score (nSPS) is 11.3. The van der Waals surface area contributed by atoms with E-state index >= 15 is 0 Å². The van der Waals surface area contributed by atoms with Crippen LogP contribution >= 0.6 is 0 Å². The molecule has 0 saturated carbocycles. The average molecular weight is 347 g/mol. The van der Waals surface area contributed by atoms with E-state index in [0.29, 0.717) is 33.4 Å². The third kappa shape index (κ3) is 2.10. The summed E-state index contributed by atoms with van der Waals surface area (Å²) in [5, 5.41) is 10.2. The molecule has 0 aliphatic carbocycles. The number of nitrogens with zero attached hydrogens (tertiary/aromatic N) is 3. The van der Waals surface area contributed by atoms with Gasteiger partial charge >= 0.3 is 0 Å². The Kier molecular flexibility index (Phi) is 3.33. The van der Waals surface area contributed by atoms with E-state index in [-0.39, 0.29) is 17.1 Å². The lowest BCUT2D eigenvalue weighted by Gasteiger charge is -2.15. The molecule has 2 aromatic carbocycles. The first kappa shape index (κ1) is 15.9. The van der Waals surface area contributed by atoms with Crippen LogP contribution in [0.15, 0.2) is 36.4 Å². The number of aryl methyl sites for hydroxylation is 1. The van der Waals surface area contributed by atoms with E-state index in [1.807, 2.05) is 31.2 Å². The molecule has 0 unspecified atom stereocenters. The number of carbonyl (C=O) groups is 1. The molecule has 7 heteroatoms. The van der Waals surface area contributed by atoms with Gasteiger partial charge in [0.15, 0.2) is 5.65 Å². The number of hydrogen-bond acceptors (Lipinski definition) is 5. The summed E-state index contributed by atoms with van der Waals surface area (Å²) in [4.78, 5) is 21.3. The van der Waals surface area contributed by atoms with E-state index in [9.17, 15) is 9.90 Å². The maximum absolute atomic E-state index is 12.1. The first-order chi connectivity index (χ1) is 12.4. The quantitative estimate of drug-likeness (QED) is 0.515. The number of anilines is 1. The van der Waals surface area contributed by atoms with E-state index in [0.717, 1.165) is 5.56 Å². The molecule has 4 aromatic rings. The fourth-order valence-electron chi connectivity index (χ4n) is 3.30. The fraction of sp³-hybridized carbons (Fsp3) is 0.105. The van der Waals surface area contributed by atoms with E-state index in [1.54, 1.807) is 23.6 Å². The van der Waals surface area contributed by atoms with Gasteiger partial charge in [0.2, 0.25) is 0 Å². The van der Waals surface area contributed by atoms with Gasteiger partial charge in [-0.05, 0) is 37.6 Å². The number of amides is 1. The summed E-state index contributed by atoms with van der Waals surface area (Å²) in [6, 6.07) is 10.7. The van der Waals surface area contributed by atoms with Gasteiger partial charge in [-0.3, -0.25) is 9.36 Å². The van der Waals surface area contributed by atoms with Gasteiger partial charge in [-0.2, -0.15) is 0 Å². The van der Waals surface area contributed by atoms with Crippen LogP contribution in [-0.4, -0.2) is 25.5 Å². The molecule has 0 radical (unpaired) electrons. The molecule has 5 N–H and O–H groups in total. The first-order valence-electron chi connectivity index (χ1n) is 8.06. The smallest absolute Gasteiger partial charge is 0.254 e. The summed E-state index contributed by atoms with van der Waals surface area (Å²) in [6.07, 6.45) is 0. The minimum Gasteiger partial charge on any atom is -0.508 e. The number of hydrogen-bond donors (Lipinski definition) is 3. The van der Waals surface area contributed by atoms with Gasteiger partial charge in [0.25, 0.3) is 5.91 Å². The van der Waals surface area contributed by atoms with E-state index in [4.69, 9.17) is 11.5 Å². The van der Waals surface area contributed by atoms with Crippen LogP contribution in [0.5, 0.6) is 5.75 Å². The summed E-state index contributed by atoms with van der Waals surface area (Å²) in [7, 11) is 0. The predicted molar refractivity (Wildman–Crippen MR) is 100 cm³/mol. The van der Waals surface area contributed by atoms with Crippen molar-refractivity contribution < 1.29 is 9.90 Å². The minimum absolute atomic E-state index is 0.125. The maximum Gasteiger partial charge on any atom is 0.254 e. The monoisotopic (exact) mass is 347 g/mol. The highest BCUT2D eigenvalue weighted by Gasteiger charge is 2.25. The molecular weight excluding hydrogens is 330 g/mol. The van der Waals surface area contributed by atoms with Crippen molar-refractivity contribution in [2.75, 3.05) is 5.73 Å². The molecule has 26 heavy (non-hydrogen) atoms. The average Bonchev–Trinajstić information content (AvgIpc) is 2.88. The van der Waals surface area contributed by atoms with Gasteiger partial charge in [-0.15, -0.1) is 0 Å². The van der Waals surface area contributed by atoms with Crippen LogP contribution in [0.1, 0.15) is 21.5 Å². The zero-order chi connectivity index (χ0) is 18.6. The van der Waals surface area contributed by atoms with Crippen molar-refractivity contribution in [2.24, 2.45) is 5.73 Å². The molecule has 0 bridgehead atoms. The van der Waals surface area contributed by atoms with Crippen molar-refractivity contribution in [1.82, 2.24) is 14.5 Å². The van der Waals surface area contributed by atoms with Crippen molar-refractivity contribution in [1.29, 1.82) is 0 Å². The second kappa shape index (κ2) is 5.45. The fourth-order valence-corrected chi connectivity index (χ4v) is 3.30. The molecule has 1 amide bonds. The van der Waals surface area contributed by atoms with Crippen LogP contribution in [-0.2, 0) is 0 Å². The minimum atomic E-state index is -0.675. The number of phenolic OH excluding ortho intramolecular Hbond substituents is 1. The largest absolute Gasteiger partial charge is 0.508 e. The molecule has 0 saturated heterocycles. The van der Waals surface area contributed by atoms with E-state index < -0.39 is 5.91 Å². The summed E-state index contributed by atoms with van der Waals surface area (Å²) < 4.78 is 1.64. The van der Waals surface area contributed by atoms with Crippen LogP contribution in [0, 0.1) is 13.8 Å². The topological polar surface area (TPSA) is 120 Å². The summed E-state index contributed by atoms with van der Waals surface area (Å²) >= 11 is 0. The molecule has 7 nitrogen and oxygen atoms in total. The Morgan fingerprint density at radius 3 is 2.38 bits per heavy atom. The number of nitrogen functional groups attached to an aromatic ring is 1. The molecule has 0 fully saturated rings. The van der Waals surface area contributed by atoms with Gasteiger partial charge in [0, 0.05) is 5.56 Å². The summed E-state index contributed by atoms with van der Waals surface area (Å²) in [5.74, 6) is -0.396. The highest BCUT2D eigenvalue weighted by Crippen LogP contribution is 2.35. The van der Waals surface area contributed by atoms with Gasteiger partial charge < -0.3 is 16.6 Å². The number of para-hydroxylation sites is 2. The predicted octanol–water partition coefficient (Wildman–Crippen LogP) is 2.58. The van der Waals surface area contributed by atoms with E-state index in [2.05, 4.69) is 9.97 Å². The number of fused-ring (bicyclic) bond motifs is 2. The van der Waals surface area contributed by atoms with Crippen LogP contribution < -0.4 is 11.5 Å². The van der Waals surface area contributed by atoms with Gasteiger partial charge in [-0.1, -0.05) is 18.2 Å². The lowest BCUT2D eigenvalue weighted by Crippen LogP contribution is -2.14. The number of phenols is 1. The Morgan fingerprint density at radius 1 is 1.08 bits per heavy atom.